The number of hydrogen-bond donors (Lipinski definition) is 1. The Balaban J connectivity index is 0.000000207. The fourth-order valence-corrected chi connectivity index (χ4v) is 2.71. The molecule has 9 heteroatoms. The molecule has 7 nitrogen and oxygen atoms in total. The van der Waals surface area contributed by atoms with Crippen LogP contribution in [-0.2, 0) is 28.7 Å². The maximum absolute atomic E-state index is 7.72. The molecule has 0 aliphatic heterocycles. The van der Waals surface area contributed by atoms with E-state index in [1.54, 1.807) is 30.6 Å². The van der Waals surface area contributed by atoms with E-state index in [-0.39, 0.29) is 27.4 Å². The van der Waals surface area contributed by atoms with Gasteiger partial charge in [0, 0.05) is 29.4 Å². The predicted octanol–water partition coefficient (Wildman–Crippen LogP) is 2.95. The number of aromatic nitrogens is 2. The van der Waals surface area contributed by atoms with Gasteiger partial charge in [0.2, 0.25) is 5.75 Å². The summed E-state index contributed by atoms with van der Waals surface area (Å²) in [5.74, 6) is 0.749. The van der Waals surface area contributed by atoms with Gasteiger partial charge in [0.1, 0.15) is 0 Å². The van der Waals surface area contributed by atoms with Gasteiger partial charge < -0.3 is 20.4 Å². The molecule has 0 aliphatic rings. The normalized spacial score (nSPS) is 10.2. The summed E-state index contributed by atoms with van der Waals surface area (Å²) >= 11 is 3.75. The van der Waals surface area contributed by atoms with Gasteiger partial charge in [0.25, 0.3) is 0 Å². The fourth-order valence-electron chi connectivity index (χ4n) is 2.66. The van der Waals surface area contributed by atoms with Gasteiger partial charge in [-0.1, -0.05) is 30.3 Å². The first-order valence-corrected chi connectivity index (χ1v) is 9.07. The summed E-state index contributed by atoms with van der Waals surface area (Å²) in [5, 5.41) is 13.7. The first-order valence-electron chi connectivity index (χ1n) is 8.62. The maximum Gasteiger partial charge on any atom is 2.00 e. The molecule has 0 saturated carbocycles. The molecule has 0 spiro atoms. The van der Waals surface area contributed by atoms with E-state index in [0.29, 0.717) is 11.3 Å². The van der Waals surface area contributed by atoms with E-state index >= 15 is 0 Å². The average molecular weight is 465 g/mol. The monoisotopic (exact) mass is 464 g/mol. The molecule has 2 aromatic heterocycles. The standard InChI is InChI=1S/C12H8N2.C9H11N3O2S.Ni/c1-3-9-5-6-10-4-2-8-14-12(10)11(9)13-7-1;1-14-7-4-2-3-6(8(7)13)5-11-12-9(10)15;/h1-8H;2-5H,1H3,(H4,10,11,12,13,15);/q;;+2/p+1. The molecule has 0 atom stereocenters. The van der Waals surface area contributed by atoms with Crippen LogP contribution >= 0.6 is 0 Å². The van der Waals surface area contributed by atoms with Crippen molar-refractivity contribution in [1.29, 1.82) is 0 Å². The molecule has 0 unspecified atom stereocenters. The first kappa shape index (κ1) is 23.2. The van der Waals surface area contributed by atoms with Crippen molar-refractivity contribution < 1.29 is 26.3 Å². The minimum Gasteiger partial charge on any atom is -0.590 e. The van der Waals surface area contributed by atoms with Gasteiger partial charge in [-0.05, 0) is 24.3 Å². The summed E-state index contributed by atoms with van der Waals surface area (Å²) in [6.45, 7) is 0. The molecule has 4 aromatic rings. The number of methoxy groups -OCH3 is 1. The van der Waals surface area contributed by atoms with Crippen LogP contribution in [-0.4, -0.2) is 33.5 Å². The number of rotatable bonds is 3. The number of ether oxygens (including phenoxy) is 1. The van der Waals surface area contributed by atoms with Crippen molar-refractivity contribution >= 4 is 45.4 Å². The Morgan fingerprint density at radius 1 is 1.03 bits per heavy atom. The second-order valence-electron chi connectivity index (χ2n) is 5.84. The number of hydrogen-bond acceptors (Lipinski definition) is 4. The van der Waals surface area contributed by atoms with Gasteiger partial charge in [-0.15, -0.1) is 0 Å². The SMILES string of the molecule is COc1cccc(C=N[N-]C(N)=[SH+])c1[OH2+].[Ni+2].c1cnc2c(c1)ccc1cccnc12. The van der Waals surface area contributed by atoms with Gasteiger partial charge in [-0.3, -0.25) is 15.7 Å². The zero-order valence-electron chi connectivity index (χ0n) is 16.0. The van der Waals surface area contributed by atoms with Crippen LogP contribution < -0.4 is 10.5 Å². The minimum absolute atomic E-state index is 0. The summed E-state index contributed by atoms with van der Waals surface area (Å²) in [6.07, 6.45) is 5.03. The van der Waals surface area contributed by atoms with Crippen molar-refractivity contribution in [2.75, 3.05) is 7.11 Å². The molecule has 0 bridgehead atoms. The van der Waals surface area contributed by atoms with Gasteiger partial charge in [-0.25, -0.2) is 0 Å². The average Bonchev–Trinajstić information content (AvgIpc) is 2.75. The van der Waals surface area contributed by atoms with Crippen LogP contribution in [0.4, 0.5) is 0 Å². The smallest absolute Gasteiger partial charge is 0.590 e. The van der Waals surface area contributed by atoms with E-state index in [2.05, 4.69) is 57.0 Å². The second-order valence-corrected chi connectivity index (χ2v) is 6.30. The Labute approximate surface area is 188 Å². The van der Waals surface area contributed by atoms with Crippen molar-refractivity contribution in [2.24, 2.45) is 10.8 Å². The number of nitrogens with zero attached hydrogens (tertiary/aromatic N) is 4. The molecular formula is C21H20N5NiO2S+3. The number of pyridine rings is 2. The number of nitrogens with two attached hydrogens (primary N) is 1. The molecule has 0 fully saturated rings. The number of benzene rings is 2. The molecular weight excluding hydrogens is 445 g/mol. The van der Waals surface area contributed by atoms with Gasteiger partial charge >= 0.3 is 22.2 Å². The van der Waals surface area contributed by atoms with Gasteiger partial charge in [0.15, 0.2) is 17.3 Å². The summed E-state index contributed by atoms with van der Waals surface area (Å²) < 4.78 is 4.99. The van der Waals surface area contributed by atoms with Crippen LogP contribution in [0, 0.1) is 0 Å². The predicted molar refractivity (Wildman–Crippen MR) is 122 cm³/mol. The topological polar surface area (TPSA) is 110 Å². The fraction of sp³-hybridized carbons (Fsp3) is 0.0476. The second kappa shape index (κ2) is 11.2. The number of fused-ring (bicyclic) bond motifs is 3. The van der Waals surface area contributed by atoms with E-state index in [9.17, 15) is 0 Å². The zero-order chi connectivity index (χ0) is 20.6. The molecule has 154 valence electrons. The molecule has 2 heterocycles. The summed E-state index contributed by atoms with van der Waals surface area (Å²) in [7, 11) is 1.51. The number of para-hydroxylation sites is 1. The Kier molecular flexibility index (Phi) is 8.61. The maximum atomic E-state index is 7.72. The molecule has 0 amide bonds. The summed E-state index contributed by atoms with van der Waals surface area (Å²) in [5.41, 5.74) is 11.3. The van der Waals surface area contributed by atoms with Crippen molar-refractivity contribution in [1.82, 2.24) is 9.97 Å². The van der Waals surface area contributed by atoms with Crippen LogP contribution in [0.3, 0.4) is 0 Å². The van der Waals surface area contributed by atoms with Crippen molar-refractivity contribution in [3.05, 3.63) is 78.0 Å². The summed E-state index contributed by atoms with van der Waals surface area (Å²) in [6, 6.07) is 17.3. The molecule has 0 radical (unpaired) electrons. The van der Waals surface area contributed by atoms with Crippen molar-refractivity contribution in [2.45, 2.75) is 0 Å². The minimum atomic E-state index is 0. The Morgan fingerprint density at radius 2 is 1.63 bits per heavy atom. The van der Waals surface area contributed by atoms with E-state index in [1.165, 1.54) is 13.3 Å². The Morgan fingerprint density at radius 3 is 2.17 bits per heavy atom. The van der Waals surface area contributed by atoms with Crippen LogP contribution in [0.1, 0.15) is 5.56 Å². The van der Waals surface area contributed by atoms with Crippen LogP contribution in [0.2, 0.25) is 0 Å². The Hall–Kier alpha value is -3.13. The third kappa shape index (κ3) is 5.70. The third-order valence-electron chi connectivity index (χ3n) is 3.98. The largest absolute Gasteiger partial charge is 2.00 e. The van der Waals surface area contributed by atoms with Gasteiger partial charge in [-0.2, -0.15) is 0 Å². The third-order valence-corrected chi connectivity index (χ3v) is 4.07. The van der Waals surface area contributed by atoms with Crippen LogP contribution in [0.25, 0.3) is 27.2 Å². The molecule has 4 N–H and O–H groups in total. The summed E-state index contributed by atoms with van der Waals surface area (Å²) in [4.78, 5) is 8.69. The zero-order valence-corrected chi connectivity index (χ0v) is 17.8. The van der Waals surface area contributed by atoms with Crippen LogP contribution in [0.15, 0.2) is 72.1 Å². The van der Waals surface area contributed by atoms with Gasteiger partial charge in [0.05, 0.1) is 23.7 Å². The molecule has 0 saturated heterocycles. The van der Waals surface area contributed by atoms with Crippen molar-refractivity contribution in [3.63, 3.8) is 0 Å². The molecule has 30 heavy (non-hydrogen) atoms. The van der Waals surface area contributed by atoms with E-state index in [0.717, 1.165) is 21.8 Å². The number of thiol groups is 1. The van der Waals surface area contributed by atoms with Crippen molar-refractivity contribution in [3.8, 4) is 11.5 Å². The van der Waals surface area contributed by atoms with E-state index in [4.69, 9.17) is 15.6 Å². The van der Waals surface area contributed by atoms with E-state index in [1.807, 2.05) is 12.1 Å². The van der Waals surface area contributed by atoms with Crippen LogP contribution in [0.5, 0.6) is 11.5 Å². The molecule has 4 rings (SSSR count). The van der Waals surface area contributed by atoms with E-state index < -0.39 is 0 Å². The Bertz CT molecular complexity index is 1130. The molecule has 2 aromatic carbocycles. The first-order chi connectivity index (χ1) is 14.1. The quantitative estimate of drug-likeness (QED) is 0.0954. The molecule has 0 aliphatic carbocycles.